The second-order valence-corrected chi connectivity index (χ2v) is 4.20. The van der Waals surface area contributed by atoms with Crippen molar-refractivity contribution in [3.05, 3.63) is 53.1 Å². The molecule has 1 aromatic carbocycles. The zero-order valence-corrected chi connectivity index (χ0v) is 10.6. The lowest BCUT2D eigenvalue weighted by Gasteiger charge is -1.99. The summed E-state index contributed by atoms with van der Waals surface area (Å²) in [6, 6.07) is 8.09. The molecule has 1 aromatic rings. The Morgan fingerprint density at radius 1 is 1.41 bits per heavy atom. The molecule has 0 fully saturated rings. The lowest BCUT2D eigenvalue weighted by molar-refractivity contribution is -0.116. The summed E-state index contributed by atoms with van der Waals surface area (Å²) in [6.07, 6.45) is 4.27. The average molecular weight is 250 g/mol. The van der Waals surface area contributed by atoms with Gasteiger partial charge in [-0.25, -0.2) is 0 Å². The molecule has 0 saturated heterocycles. The second kappa shape index (κ2) is 6.92. The van der Waals surface area contributed by atoms with E-state index in [1.165, 1.54) is 11.6 Å². The standard InChI is InChI=1S/C14H16ClNO/c1-3-12-4-6-13(7-5-12)8-9-14(17)16-10-11(2)15/h4-9H,2-3,10H2,1H3,(H,16,17)/b9-8+. The third kappa shape index (κ3) is 5.36. The van der Waals surface area contributed by atoms with E-state index in [2.05, 4.69) is 31.0 Å². The molecule has 3 heteroatoms. The highest BCUT2D eigenvalue weighted by Crippen LogP contribution is 2.06. The van der Waals surface area contributed by atoms with Crippen LogP contribution in [0.25, 0.3) is 6.08 Å². The van der Waals surface area contributed by atoms with E-state index < -0.39 is 0 Å². The second-order valence-electron chi connectivity index (χ2n) is 3.66. The summed E-state index contributed by atoms with van der Waals surface area (Å²) in [4.78, 5) is 11.3. The Hall–Kier alpha value is -1.54. The van der Waals surface area contributed by atoms with E-state index in [0.29, 0.717) is 11.6 Å². The molecule has 1 amide bonds. The van der Waals surface area contributed by atoms with Crippen molar-refractivity contribution in [3.8, 4) is 0 Å². The molecule has 0 aliphatic rings. The highest BCUT2D eigenvalue weighted by Gasteiger charge is 1.95. The summed E-state index contributed by atoms with van der Waals surface area (Å²) in [6.45, 7) is 5.89. The number of amides is 1. The first kappa shape index (κ1) is 13.5. The predicted molar refractivity (Wildman–Crippen MR) is 72.9 cm³/mol. The van der Waals surface area contributed by atoms with Crippen LogP contribution in [-0.2, 0) is 11.2 Å². The van der Waals surface area contributed by atoms with Crippen LogP contribution in [0.15, 0.2) is 42.0 Å². The number of nitrogens with one attached hydrogen (secondary N) is 1. The summed E-state index contributed by atoms with van der Waals surface area (Å²) in [5.41, 5.74) is 2.28. The van der Waals surface area contributed by atoms with Gasteiger partial charge in [0.2, 0.25) is 5.91 Å². The molecule has 0 aliphatic carbocycles. The molecule has 0 spiro atoms. The van der Waals surface area contributed by atoms with Gasteiger partial charge >= 0.3 is 0 Å². The van der Waals surface area contributed by atoms with Crippen molar-refractivity contribution in [1.29, 1.82) is 0 Å². The largest absolute Gasteiger partial charge is 0.348 e. The fraction of sp³-hybridized carbons (Fsp3) is 0.214. The topological polar surface area (TPSA) is 29.1 Å². The molecule has 1 rings (SSSR count). The Morgan fingerprint density at radius 2 is 2.06 bits per heavy atom. The van der Waals surface area contributed by atoms with Gasteiger partial charge in [0.05, 0.1) is 6.54 Å². The first-order valence-electron chi connectivity index (χ1n) is 5.50. The quantitative estimate of drug-likeness (QED) is 0.799. The molecule has 0 aromatic heterocycles. The fourth-order valence-electron chi connectivity index (χ4n) is 1.28. The van der Waals surface area contributed by atoms with E-state index in [1.807, 2.05) is 12.1 Å². The highest BCUT2D eigenvalue weighted by atomic mass is 35.5. The molecule has 0 unspecified atom stereocenters. The summed E-state index contributed by atoms with van der Waals surface area (Å²) in [5.74, 6) is -0.175. The third-order valence-corrected chi connectivity index (χ3v) is 2.40. The zero-order valence-electron chi connectivity index (χ0n) is 9.87. The van der Waals surface area contributed by atoms with E-state index in [9.17, 15) is 4.79 Å². The minimum absolute atomic E-state index is 0.175. The van der Waals surface area contributed by atoms with Gasteiger partial charge < -0.3 is 5.32 Å². The summed E-state index contributed by atoms with van der Waals surface area (Å²) in [7, 11) is 0. The van der Waals surface area contributed by atoms with Crippen LogP contribution in [0.5, 0.6) is 0 Å². The maximum Gasteiger partial charge on any atom is 0.244 e. The van der Waals surface area contributed by atoms with Crippen molar-refractivity contribution in [2.75, 3.05) is 6.54 Å². The number of carbonyl (C=O) groups is 1. The Kier molecular flexibility index (Phi) is 5.50. The number of aryl methyl sites for hydroxylation is 1. The van der Waals surface area contributed by atoms with Crippen LogP contribution in [0.4, 0.5) is 0 Å². The molecule has 0 aliphatic heterocycles. The summed E-state index contributed by atoms with van der Waals surface area (Å²) < 4.78 is 0. The molecule has 2 nitrogen and oxygen atoms in total. The minimum atomic E-state index is -0.175. The third-order valence-electron chi connectivity index (χ3n) is 2.27. The van der Waals surface area contributed by atoms with Crippen LogP contribution in [0, 0.1) is 0 Å². The van der Waals surface area contributed by atoms with Crippen LogP contribution in [0.3, 0.4) is 0 Å². The number of hydrogen-bond acceptors (Lipinski definition) is 1. The molecule has 17 heavy (non-hydrogen) atoms. The number of benzene rings is 1. The maximum absolute atomic E-state index is 11.3. The first-order chi connectivity index (χ1) is 8.11. The number of halogens is 1. The van der Waals surface area contributed by atoms with Crippen LogP contribution in [0.1, 0.15) is 18.1 Å². The van der Waals surface area contributed by atoms with Crippen molar-refractivity contribution in [1.82, 2.24) is 5.32 Å². The zero-order chi connectivity index (χ0) is 12.7. The van der Waals surface area contributed by atoms with Crippen LogP contribution in [0.2, 0.25) is 0 Å². The minimum Gasteiger partial charge on any atom is -0.348 e. The van der Waals surface area contributed by atoms with Gasteiger partial charge in [-0.1, -0.05) is 49.4 Å². The SMILES string of the molecule is C=C(Cl)CNC(=O)/C=C/c1ccc(CC)cc1. The van der Waals surface area contributed by atoms with Gasteiger partial charge in [0.15, 0.2) is 0 Å². The molecular weight excluding hydrogens is 234 g/mol. The van der Waals surface area contributed by atoms with Crippen molar-refractivity contribution < 1.29 is 4.79 Å². The monoisotopic (exact) mass is 249 g/mol. The van der Waals surface area contributed by atoms with Gasteiger partial charge in [-0.05, 0) is 23.6 Å². The molecule has 0 atom stereocenters. The van der Waals surface area contributed by atoms with Gasteiger partial charge in [-0.2, -0.15) is 0 Å². The van der Waals surface area contributed by atoms with Crippen LogP contribution >= 0.6 is 11.6 Å². The Labute approximate surface area is 107 Å². The predicted octanol–water partition coefficient (Wildman–Crippen LogP) is 3.13. The Bertz CT molecular complexity index is 420. The van der Waals surface area contributed by atoms with Crippen molar-refractivity contribution in [2.24, 2.45) is 0 Å². The fourth-order valence-corrected chi connectivity index (χ4v) is 1.35. The van der Waals surface area contributed by atoms with Gasteiger partial charge in [0.25, 0.3) is 0 Å². The van der Waals surface area contributed by atoms with E-state index in [0.717, 1.165) is 12.0 Å². The molecular formula is C14H16ClNO. The Balaban J connectivity index is 2.51. The summed E-state index contributed by atoms with van der Waals surface area (Å²) >= 11 is 5.54. The van der Waals surface area contributed by atoms with Crippen LogP contribution in [-0.4, -0.2) is 12.5 Å². The van der Waals surface area contributed by atoms with Crippen LogP contribution < -0.4 is 5.32 Å². The first-order valence-corrected chi connectivity index (χ1v) is 5.87. The van der Waals surface area contributed by atoms with E-state index >= 15 is 0 Å². The number of carbonyl (C=O) groups excluding carboxylic acids is 1. The molecule has 0 heterocycles. The van der Waals surface area contributed by atoms with Crippen molar-refractivity contribution in [3.63, 3.8) is 0 Å². The highest BCUT2D eigenvalue weighted by molar-refractivity contribution is 6.29. The summed E-state index contributed by atoms with van der Waals surface area (Å²) in [5, 5.41) is 3.03. The molecule has 1 N–H and O–H groups in total. The van der Waals surface area contributed by atoms with Gasteiger partial charge in [0.1, 0.15) is 0 Å². The average Bonchev–Trinajstić information content (AvgIpc) is 2.34. The number of hydrogen-bond donors (Lipinski definition) is 1. The van der Waals surface area contributed by atoms with Crippen molar-refractivity contribution in [2.45, 2.75) is 13.3 Å². The molecule has 0 saturated carbocycles. The molecule has 0 bridgehead atoms. The molecule has 90 valence electrons. The van der Waals surface area contributed by atoms with Gasteiger partial charge in [-0.15, -0.1) is 0 Å². The normalized spacial score (nSPS) is 10.5. The smallest absolute Gasteiger partial charge is 0.244 e. The lowest BCUT2D eigenvalue weighted by Crippen LogP contribution is -2.21. The Morgan fingerprint density at radius 3 is 2.59 bits per heavy atom. The van der Waals surface area contributed by atoms with E-state index in [4.69, 9.17) is 11.6 Å². The maximum atomic E-state index is 11.3. The van der Waals surface area contributed by atoms with Gasteiger partial charge in [-0.3, -0.25) is 4.79 Å². The van der Waals surface area contributed by atoms with E-state index in [1.54, 1.807) is 6.08 Å². The molecule has 0 radical (unpaired) electrons. The number of rotatable bonds is 5. The van der Waals surface area contributed by atoms with E-state index in [-0.39, 0.29) is 5.91 Å². The lowest BCUT2D eigenvalue weighted by atomic mass is 10.1. The van der Waals surface area contributed by atoms with Gasteiger partial charge in [0, 0.05) is 11.1 Å². The van der Waals surface area contributed by atoms with Crippen molar-refractivity contribution >= 4 is 23.6 Å².